The molecule has 2 aromatic rings. The molecule has 174 valence electrons. The summed E-state index contributed by atoms with van der Waals surface area (Å²) in [5.74, 6) is -1.04. The van der Waals surface area contributed by atoms with Gasteiger partial charge in [0.2, 0.25) is 21.8 Å². The molecule has 32 heavy (non-hydrogen) atoms. The lowest BCUT2D eigenvalue weighted by molar-refractivity contribution is -0.139. The third kappa shape index (κ3) is 6.89. The SMILES string of the molecule is CNC(=O)C(C)N(Cc1ccc(Cl)c(Cl)c1)C(=O)CN(c1cc(Cl)cc(Cl)c1)S(C)(=O)=O. The van der Waals surface area contributed by atoms with Crippen LogP contribution in [-0.4, -0.2) is 51.0 Å². The van der Waals surface area contributed by atoms with E-state index in [0.717, 1.165) is 10.6 Å². The van der Waals surface area contributed by atoms with Gasteiger partial charge in [-0.3, -0.25) is 13.9 Å². The molecule has 0 aromatic heterocycles. The van der Waals surface area contributed by atoms with E-state index in [-0.39, 0.29) is 27.3 Å². The average molecular weight is 541 g/mol. The number of sulfonamides is 1. The van der Waals surface area contributed by atoms with Gasteiger partial charge in [-0.2, -0.15) is 0 Å². The molecule has 0 spiro atoms. The Morgan fingerprint density at radius 3 is 2.09 bits per heavy atom. The molecule has 0 aliphatic rings. The minimum atomic E-state index is -3.89. The second-order valence-electron chi connectivity index (χ2n) is 6.96. The van der Waals surface area contributed by atoms with Crippen molar-refractivity contribution in [3.05, 3.63) is 62.1 Å². The Morgan fingerprint density at radius 2 is 1.59 bits per heavy atom. The minimum absolute atomic E-state index is 0.00177. The van der Waals surface area contributed by atoms with E-state index in [4.69, 9.17) is 46.4 Å². The molecule has 0 heterocycles. The molecule has 1 N–H and O–H groups in total. The molecular formula is C20H21Cl4N3O4S. The lowest BCUT2D eigenvalue weighted by Gasteiger charge is -2.31. The van der Waals surface area contributed by atoms with Gasteiger partial charge in [0.1, 0.15) is 12.6 Å². The molecule has 2 aromatic carbocycles. The van der Waals surface area contributed by atoms with Crippen LogP contribution in [0.2, 0.25) is 20.1 Å². The number of carbonyl (C=O) groups excluding carboxylic acids is 2. The van der Waals surface area contributed by atoms with E-state index >= 15 is 0 Å². The Labute approximate surface area is 207 Å². The van der Waals surface area contributed by atoms with Crippen LogP contribution >= 0.6 is 46.4 Å². The maximum atomic E-state index is 13.3. The van der Waals surface area contributed by atoms with Crippen LogP contribution in [0.5, 0.6) is 0 Å². The van der Waals surface area contributed by atoms with Crippen molar-refractivity contribution in [1.29, 1.82) is 0 Å². The Balaban J connectivity index is 2.43. The highest BCUT2D eigenvalue weighted by Crippen LogP contribution is 2.28. The molecule has 1 unspecified atom stereocenters. The van der Waals surface area contributed by atoms with Gasteiger partial charge in [0, 0.05) is 23.6 Å². The van der Waals surface area contributed by atoms with E-state index in [1.54, 1.807) is 18.2 Å². The van der Waals surface area contributed by atoms with Gasteiger partial charge in [-0.25, -0.2) is 8.42 Å². The summed E-state index contributed by atoms with van der Waals surface area (Å²) in [6.07, 6.45) is 0.959. The number of likely N-dealkylation sites (N-methyl/N-ethyl adjacent to an activating group) is 1. The molecule has 0 saturated carbocycles. The third-order valence-corrected chi connectivity index (χ3v) is 6.88. The minimum Gasteiger partial charge on any atom is -0.357 e. The molecule has 2 rings (SSSR count). The largest absolute Gasteiger partial charge is 0.357 e. The summed E-state index contributed by atoms with van der Waals surface area (Å²) < 4.78 is 25.8. The highest BCUT2D eigenvalue weighted by Gasteiger charge is 2.30. The van der Waals surface area contributed by atoms with Gasteiger partial charge in [0.15, 0.2) is 0 Å². The number of carbonyl (C=O) groups is 2. The number of hydrogen-bond donors (Lipinski definition) is 1. The number of rotatable bonds is 8. The van der Waals surface area contributed by atoms with Crippen LogP contribution in [0, 0.1) is 0 Å². The van der Waals surface area contributed by atoms with Gasteiger partial charge >= 0.3 is 0 Å². The molecule has 2 amide bonds. The van der Waals surface area contributed by atoms with Crippen molar-refractivity contribution >= 4 is 73.9 Å². The quantitative estimate of drug-likeness (QED) is 0.542. The summed E-state index contributed by atoms with van der Waals surface area (Å²) in [5.41, 5.74) is 0.737. The standard InChI is InChI=1S/C20H21Cl4N3O4S/c1-12(20(29)25-2)26(10-13-4-5-17(23)18(24)6-13)19(28)11-27(32(3,30)31)16-8-14(21)7-15(22)9-16/h4-9,12H,10-11H2,1-3H3,(H,25,29). The zero-order valence-corrected chi connectivity index (χ0v) is 21.2. The molecule has 7 nitrogen and oxygen atoms in total. The number of nitrogens with zero attached hydrogens (tertiary/aromatic N) is 2. The van der Waals surface area contributed by atoms with Crippen LogP contribution < -0.4 is 9.62 Å². The van der Waals surface area contributed by atoms with Crippen molar-refractivity contribution in [2.24, 2.45) is 0 Å². The van der Waals surface area contributed by atoms with Crippen molar-refractivity contribution in [3.8, 4) is 0 Å². The Hall–Kier alpha value is -1.71. The molecular weight excluding hydrogens is 520 g/mol. The van der Waals surface area contributed by atoms with Crippen LogP contribution in [0.3, 0.4) is 0 Å². The van der Waals surface area contributed by atoms with Gasteiger partial charge in [-0.1, -0.05) is 52.5 Å². The first-order chi connectivity index (χ1) is 14.8. The van der Waals surface area contributed by atoms with E-state index in [1.165, 1.54) is 37.1 Å². The van der Waals surface area contributed by atoms with E-state index in [9.17, 15) is 18.0 Å². The van der Waals surface area contributed by atoms with Crippen molar-refractivity contribution in [2.45, 2.75) is 19.5 Å². The maximum absolute atomic E-state index is 13.3. The molecule has 12 heteroatoms. The maximum Gasteiger partial charge on any atom is 0.244 e. The average Bonchev–Trinajstić information content (AvgIpc) is 2.69. The predicted molar refractivity (Wildman–Crippen MR) is 129 cm³/mol. The zero-order valence-electron chi connectivity index (χ0n) is 17.4. The Morgan fingerprint density at radius 1 is 1.00 bits per heavy atom. The van der Waals surface area contributed by atoms with Gasteiger partial charge in [-0.15, -0.1) is 0 Å². The highest BCUT2D eigenvalue weighted by atomic mass is 35.5. The molecule has 0 aliphatic heterocycles. The summed E-state index contributed by atoms with van der Waals surface area (Å²) in [6.45, 7) is 0.964. The van der Waals surface area contributed by atoms with Crippen LogP contribution in [0.25, 0.3) is 0 Å². The number of hydrogen-bond acceptors (Lipinski definition) is 4. The smallest absolute Gasteiger partial charge is 0.244 e. The third-order valence-electron chi connectivity index (χ3n) is 4.57. The fraction of sp³-hybridized carbons (Fsp3) is 0.300. The van der Waals surface area contributed by atoms with Crippen molar-refractivity contribution in [2.75, 3.05) is 24.2 Å². The summed E-state index contributed by atoms with van der Waals surface area (Å²) in [5, 5.41) is 3.54. The van der Waals surface area contributed by atoms with Gasteiger partial charge in [-0.05, 0) is 42.8 Å². The normalized spacial score (nSPS) is 12.2. The summed E-state index contributed by atoms with van der Waals surface area (Å²) in [6, 6.07) is 8.12. The summed E-state index contributed by atoms with van der Waals surface area (Å²) >= 11 is 24.1. The fourth-order valence-electron chi connectivity index (χ4n) is 2.92. The first kappa shape index (κ1) is 26.5. The number of amides is 2. The molecule has 0 saturated heterocycles. The molecule has 0 radical (unpaired) electrons. The lowest BCUT2D eigenvalue weighted by Crippen LogP contribution is -2.50. The first-order valence-electron chi connectivity index (χ1n) is 9.22. The second kappa shape index (κ2) is 10.9. The zero-order chi connectivity index (χ0) is 24.2. The van der Waals surface area contributed by atoms with Crippen molar-refractivity contribution in [1.82, 2.24) is 10.2 Å². The Kier molecular flexibility index (Phi) is 9.07. The van der Waals surface area contributed by atoms with Crippen LogP contribution in [0.1, 0.15) is 12.5 Å². The van der Waals surface area contributed by atoms with Crippen LogP contribution in [-0.2, 0) is 26.2 Å². The Bertz CT molecular complexity index is 1110. The van der Waals surface area contributed by atoms with Crippen LogP contribution in [0.15, 0.2) is 36.4 Å². The van der Waals surface area contributed by atoms with E-state index in [2.05, 4.69) is 5.32 Å². The molecule has 0 fully saturated rings. The van der Waals surface area contributed by atoms with Crippen LogP contribution in [0.4, 0.5) is 5.69 Å². The number of nitrogens with one attached hydrogen (secondary N) is 1. The van der Waals surface area contributed by atoms with Crippen molar-refractivity contribution < 1.29 is 18.0 Å². The summed E-state index contributed by atoms with van der Waals surface area (Å²) in [4.78, 5) is 26.8. The van der Waals surface area contributed by atoms with Gasteiger partial charge in [0.05, 0.1) is 22.0 Å². The summed E-state index contributed by atoms with van der Waals surface area (Å²) in [7, 11) is -2.45. The molecule has 0 aliphatic carbocycles. The van der Waals surface area contributed by atoms with Gasteiger partial charge in [0.25, 0.3) is 0 Å². The first-order valence-corrected chi connectivity index (χ1v) is 12.6. The molecule has 0 bridgehead atoms. The van der Waals surface area contributed by atoms with E-state index in [0.29, 0.717) is 10.6 Å². The second-order valence-corrected chi connectivity index (χ2v) is 10.6. The topological polar surface area (TPSA) is 86.8 Å². The van der Waals surface area contributed by atoms with Gasteiger partial charge < -0.3 is 10.2 Å². The number of halogens is 4. The predicted octanol–water partition coefficient (Wildman–Crippen LogP) is 4.23. The number of benzene rings is 2. The lowest BCUT2D eigenvalue weighted by atomic mass is 10.1. The molecule has 1 atom stereocenters. The van der Waals surface area contributed by atoms with E-state index < -0.39 is 34.4 Å². The number of anilines is 1. The van der Waals surface area contributed by atoms with Crippen molar-refractivity contribution in [3.63, 3.8) is 0 Å². The monoisotopic (exact) mass is 539 g/mol. The van der Waals surface area contributed by atoms with E-state index in [1.807, 2.05) is 0 Å². The highest BCUT2D eigenvalue weighted by molar-refractivity contribution is 7.92. The fourth-order valence-corrected chi connectivity index (χ4v) is 4.59.